The van der Waals surface area contributed by atoms with Gasteiger partial charge in [0, 0.05) is 12.6 Å². The van der Waals surface area contributed by atoms with Crippen molar-refractivity contribution in [1.29, 1.82) is 0 Å². The zero-order valence-corrected chi connectivity index (χ0v) is 11.5. The molecule has 0 heterocycles. The lowest BCUT2D eigenvalue weighted by Crippen LogP contribution is -2.42. The normalized spacial score (nSPS) is 11.1. The minimum absolute atomic E-state index is 0.197. The molecule has 1 aromatic carbocycles. The van der Waals surface area contributed by atoms with E-state index in [-0.39, 0.29) is 11.5 Å². The maximum Gasteiger partial charge on any atom is 0.338 e. The van der Waals surface area contributed by atoms with Crippen molar-refractivity contribution in [2.45, 2.75) is 20.0 Å². The first-order valence-corrected chi connectivity index (χ1v) is 5.98. The summed E-state index contributed by atoms with van der Waals surface area (Å²) in [6.07, 6.45) is -1.17. The Hall–Kier alpha value is -2.90. The van der Waals surface area contributed by atoms with E-state index in [4.69, 9.17) is 10.5 Å². The number of hydrogen-bond donors (Lipinski definition) is 3. The fourth-order valence-electron chi connectivity index (χ4n) is 1.40. The van der Waals surface area contributed by atoms with Crippen molar-refractivity contribution in [2.75, 3.05) is 5.32 Å². The molecule has 1 atom stereocenters. The summed E-state index contributed by atoms with van der Waals surface area (Å²) in [6.45, 7) is 2.67. The maximum atomic E-state index is 11.8. The van der Waals surface area contributed by atoms with E-state index in [0.717, 1.165) is 0 Å². The van der Waals surface area contributed by atoms with E-state index in [1.165, 1.54) is 38.1 Å². The first kappa shape index (κ1) is 16.2. The highest BCUT2D eigenvalue weighted by molar-refractivity contribution is 5.98. The molecule has 0 saturated heterocycles. The van der Waals surface area contributed by atoms with E-state index in [1.54, 1.807) is 5.32 Å². The molecule has 21 heavy (non-hydrogen) atoms. The van der Waals surface area contributed by atoms with Crippen molar-refractivity contribution in [3.8, 4) is 0 Å². The van der Waals surface area contributed by atoms with Gasteiger partial charge in [0.15, 0.2) is 6.10 Å². The molecule has 0 saturated carbocycles. The second kappa shape index (κ2) is 7.04. The fourth-order valence-corrected chi connectivity index (χ4v) is 1.40. The van der Waals surface area contributed by atoms with Crippen LogP contribution in [-0.2, 0) is 14.3 Å². The van der Waals surface area contributed by atoms with Gasteiger partial charge >= 0.3 is 12.0 Å². The Morgan fingerprint density at radius 3 is 2.19 bits per heavy atom. The molecule has 4 amide bonds. The Balaban J connectivity index is 2.65. The summed E-state index contributed by atoms with van der Waals surface area (Å²) in [5.74, 6) is -1.79. The number of nitrogens with two attached hydrogens (primary N) is 1. The molecule has 0 radical (unpaired) electrons. The molecule has 0 aliphatic carbocycles. The number of esters is 1. The second-order valence-corrected chi connectivity index (χ2v) is 4.16. The molecule has 0 aliphatic heterocycles. The van der Waals surface area contributed by atoms with Crippen LogP contribution in [0.1, 0.15) is 24.2 Å². The van der Waals surface area contributed by atoms with E-state index < -0.39 is 24.0 Å². The van der Waals surface area contributed by atoms with Crippen LogP contribution in [0.25, 0.3) is 0 Å². The zero-order chi connectivity index (χ0) is 16.0. The fraction of sp³-hybridized carbons (Fsp3) is 0.231. The number of ether oxygens (including phenoxy) is 1. The summed E-state index contributed by atoms with van der Waals surface area (Å²) >= 11 is 0. The number of hydrogen-bond acceptors (Lipinski definition) is 5. The lowest BCUT2D eigenvalue weighted by molar-refractivity contribution is -0.127. The van der Waals surface area contributed by atoms with Crippen LogP contribution in [0.3, 0.4) is 0 Å². The number of carbonyl (C=O) groups excluding carboxylic acids is 4. The number of imide groups is 1. The van der Waals surface area contributed by atoms with Crippen LogP contribution < -0.4 is 16.4 Å². The number of nitrogens with one attached hydrogen (secondary N) is 2. The summed E-state index contributed by atoms with van der Waals surface area (Å²) in [7, 11) is 0. The third-order valence-electron chi connectivity index (χ3n) is 2.34. The van der Waals surface area contributed by atoms with Gasteiger partial charge in [0.2, 0.25) is 5.91 Å². The first-order chi connectivity index (χ1) is 9.79. The minimum atomic E-state index is -1.17. The second-order valence-electron chi connectivity index (χ2n) is 4.16. The van der Waals surface area contributed by atoms with Gasteiger partial charge in [0.05, 0.1) is 5.56 Å². The van der Waals surface area contributed by atoms with E-state index >= 15 is 0 Å². The Morgan fingerprint density at radius 1 is 1.14 bits per heavy atom. The number of urea groups is 1. The van der Waals surface area contributed by atoms with E-state index in [0.29, 0.717) is 5.69 Å². The summed E-state index contributed by atoms with van der Waals surface area (Å²) in [6, 6.07) is 4.89. The number of benzene rings is 1. The number of amides is 4. The van der Waals surface area contributed by atoms with Gasteiger partial charge in [0.1, 0.15) is 0 Å². The minimum Gasteiger partial charge on any atom is -0.449 e. The lowest BCUT2D eigenvalue weighted by atomic mass is 10.2. The van der Waals surface area contributed by atoms with Crippen molar-refractivity contribution in [3.05, 3.63) is 29.8 Å². The van der Waals surface area contributed by atoms with E-state index in [2.05, 4.69) is 5.32 Å². The predicted molar refractivity (Wildman–Crippen MR) is 73.3 cm³/mol. The van der Waals surface area contributed by atoms with Gasteiger partial charge in [-0.25, -0.2) is 9.59 Å². The molecular formula is C13H15N3O5. The topological polar surface area (TPSA) is 128 Å². The number of anilines is 1. The predicted octanol–water partition coefficient (Wildman–Crippen LogP) is 0.385. The number of primary amides is 1. The molecule has 0 aromatic heterocycles. The van der Waals surface area contributed by atoms with Gasteiger partial charge < -0.3 is 15.8 Å². The first-order valence-electron chi connectivity index (χ1n) is 5.98. The maximum absolute atomic E-state index is 11.8. The van der Waals surface area contributed by atoms with Crippen LogP contribution in [0.4, 0.5) is 10.5 Å². The Kier molecular flexibility index (Phi) is 5.41. The van der Waals surface area contributed by atoms with Crippen LogP contribution in [0.2, 0.25) is 0 Å². The third kappa shape index (κ3) is 5.31. The molecule has 0 bridgehead atoms. The van der Waals surface area contributed by atoms with E-state index in [9.17, 15) is 19.2 Å². The van der Waals surface area contributed by atoms with Gasteiger partial charge in [-0.2, -0.15) is 0 Å². The van der Waals surface area contributed by atoms with Crippen molar-refractivity contribution in [1.82, 2.24) is 5.32 Å². The average Bonchev–Trinajstić information content (AvgIpc) is 2.37. The number of rotatable bonds is 4. The summed E-state index contributed by atoms with van der Waals surface area (Å²) < 4.78 is 4.87. The molecule has 112 valence electrons. The Morgan fingerprint density at radius 2 is 1.71 bits per heavy atom. The largest absolute Gasteiger partial charge is 0.449 e. The molecule has 0 fully saturated rings. The monoisotopic (exact) mass is 293 g/mol. The van der Waals surface area contributed by atoms with Crippen LogP contribution in [0.15, 0.2) is 24.3 Å². The van der Waals surface area contributed by atoms with Crippen LogP contribution in [0, 0.1) is 0 Å². The van der Waals surface area contributed by atoms with Gasteiger partial charge in [-0.05, 0) is 31.2 Å². The standard InChI is InChI=1S/C13H15N3O5/c1-7(11(18)16-13(14)20)21-12(19)9-3-5-10(6-4-9)15-8(2)17/h3-7H,1-2H3,(H,15,17)(H3,14,16,18,20)/t7-/m0/s1. The lowest BCUT2D eigenvalue weighted by Gasteiger charge is -2.12. The molecule has 4 N–H and O–H groups in total. The highest BCUT2D eigenvalue weighted by Crippen LogP contribution is 2.11. The van der Waals surface area contributed by atoms with Crippen molar-refractivity contribution in [3.63, 3.8) is 0 Å². The average molecular weight is 293 g/mol. The third-order valence-corrected chi connectivity index (χ3v) is 2.34. The van der Waals surface area contributed by atoms with Crippen molar-refractivity contribution >= 4 is 29.5 Å². The molecular weight excluding hydrogens is 278 g/mol. The molecule has 8 heteroatoms. The van der Waals surface area contributed by atoms with Gasteiger partial charge in [0.25, 0.3) is 5.91 Å². The van der Waals surface area contributed by atoms with Crippen molar-refractivity contribution in [2.24, 2.45) is 5.73 Å². The molecule has 0 unspecified atom stereocenters. The van der Waals surface area contributed by atoms with E-state index in [1.807, 2.05) is 0 Å². The number of carbonyl (C=O) groups is 4. The highest BCUT2D eigenvalue weighted by atomic mass is 16.5. The highest BCUT2D eigenvalue weighted by Gasteiger charge is 2.19. The summed E-state index contributed by atoms with van der Waals surface area (Å²) in [5, 5.41) is 4.35. The molecule has 1 rings (SSSR count). The van der Waals surface area contributed by atoms with Gasteiger partial charge in [-0.1, -0.05) is 0 Å². The Labute approximate surface area is 120 Å². The summed E-state index contributed by atoms with van der Waals surface area (Å²) in [4.78, 5) is 44.5. The van der Waals surface area contributed by atoms with Crippen LogP contribution in [-0.4, -0.2) is 29.9 Å². The quantitative estimate of drug-likeness (QED) is 0.692. The Bertz CT molecular complexity index is 568. The summed E-state index contributed by atoms with van der Waals surface area (Å²) in [5.41, 5.74) is 5.51. The van der Waals surface area contributed by atoms with Crippen LogP contribution >= 0.6 is 0 Å². The van der Waals surface area contributed by atoms with Gasteiger partial charge in [-0.3, -0.25) is 14.9 Å². The van der Waals surface area contributed by atoms with Crippen molar-refractivity contribution < 1.29 is 23.9 Å². The van der Waals surface area contributed by atoms with Gasteiger partial charge in [-0.15, -0.1) is 0 Å². The SMILES string of the molecule is CC(=O)Nc1ccc(C(=O)O[C@@H](C)C(=O)NC(N)=O)cc1. The smallest absolute Gasteiger partial charge is 0.338 e. The molecule has 0 aliphatic rings. The molecule has 8 nitrogen and oxygen atoms in total. The molecule has 0 spiro atoms. The zero-order valence-electron chi connectivity index (χ0n) is 11.5. The van der Waals surface area contributed by atoms with Crippen LogP contribution in [0.5, 0.6) is 0 Å². The molecule has 1 aromatic rings.